The van der Waals surface area contributed by atoms with Crippen molar-refractivity contribution in [3.8, 4) is 11.5 Å². The van der Waals surface area contributed by atoms with E-state index in [1.54, 1.807) is 19.2 Å². The monoisotopic (exact) mass is 310 g/mol. The van der Waals surface area contributed by atoms with Crippen LogP contribution in [0.4, 0.5) is 14.6 Å². The first-order valence-corrected chi connectivity index (χ1v) is 6.72. The van der Waals surface area contributed by atoms with Crippen LogP contribution in [0.2, 0.25) is 0 Å². The zero-order valence-corrected chi connectivity index (χ0v) is 12.2. The van der Waals surface area contributed by atoms with Crippen LogP contribution < -0.4 is 15.2 Å². The Balaban J connectivity index is 2.09. The number of halogens is 2. The van der Waals surface area contributed by atoms with Crippen molar-refractivity contribution in [2.24, 2.45) is 0 Å². The minimum absolute atomic E-state index is 0.111. The van der Waals surface area contributed by atoms with Crippen molar-refractivity contribution in [2.75, 3.05) is 33.0 Å². The SMILES string of the molecule is COc1ccc2ncnc(N)c2c1OC1CN(C)CC1(F)F. The number of rotatable bonds is 3. The topological polar surface area (TPSA) is 73.5 Å². The Labute approximate surface area is 125 Å². The van der Waals surface area contributed by atoms with Crippen molar-refractivity contribution >= 4 is 16.7 Å². The van der Waals surface area contributed by atoms with Gasteiger partial charge in [-0.1, -0.05) is 0 Å². The van der Waals surface area contributed by atoms with Gasteiger partial charge in [-0.25, -0.2) is 18.7 Å². The van der Waals surface area contributed by atoms with Crippen LogP contribution in [0.25, 0.3) is 10.9 Å². The first-order valence-electron chi connectivity index (χ1n) is 6.72. The van der Waals surface area contributed by atoms with Gasteiger partial charge in [-0.15, -0.1) is 0 Å². The maximum Gasteiger partial charge on any atom is 0.297 e. The van der Waals surface area contributed by atoms with E-state index in [9.17, 15) is 8.78 Å². The maximum atomic E-state index is 14.0. The number of likely N-dealkylation sites (tertiary alicyclic amines) is 1. The molecule has 6 nitrogen and oxygen atoms in total. The molecule has 2 aromatic rings. The molecule has 0 saturated carbocycles. The van der Waals surface area contributed by atoms with Gasteiger partial charge in [0.1, 0.15) is 12.1 Å². The second-order valence-electron chi connectivity index (χ2n) is 5.31. The number of hydrogen-bond acceptors (Lipinski definition) is 6. The minimum atomic E-state index is -2.95. The number of nitrogens with zero attached hydrogens (tertiary/aromatic N) is 3. The zero-order chi connectivity index (χ0) is 15.9. The summed E-state index contributed by atoms with van der Waals surface area (Å²) in [6.07, 6.45) is 0.0305. The summed E-state index contributed by atoms with van der Waals surface area (Å²) in [5, 5.41) is 0.382. The molecule has 1 atom stereocenters. The average Bonchev–Trinajstić information content (AvgIpc) is 2.71. The van der Waals surface area contributed by atoms with Gasteiger partial charge in [0.15, 0.2) is 17.6 Å². The Morgan fingerprint density at radius 1 is 1.36 bits per heavy atom. The molecule has 22 heavy (non-hydrogen) atoms. The lowest BCUT2D eigenvalue weighted by Crippen LogP contribution is -2.36. The number of likely N-dealkylation sites (N-methyl/N-ethyl adjacent to an activating group) is 1. The fourth-order valence-electron chi connectivity index (χ4n) is 2.61. The number of hydrogen-bond donors (Lipinski definition) is 1. The predicted octanol–water partition coefficient (Wildman–Crippen LogP) is 1.55. The molecular weight excluding hydrogens is 294 g/mol. The van der Waals surface area contributed by atoms with Crippen molar-refractivity contribution in [2.45, 2.75) is 12.0 Å². The van der Waals surface area contributed by atoms with E-state index >= 15 is 0 Å². The third-order valence-corrected chi connectivity index (χ3v) is 3.66. The number of benzene rings is 1. The van der Waals surface area contributed by atoms with Gasteiger partial charge in [-0.2, -0.15) is 0 Å². The van der Waals surface area contributed by atoms with E-state index < -0.39 is 12.0 Å². The average molecular weight is 310 g/mol. The maximum absolute atomic E-state index is 14.0. The normalized spacial score (nSPS) is 21.2. The molecule has 0 radical (unpaired) electrons. The molecule has 2 N–H and O–H groups in total. The molecule has 3 rings (SSSR count). The van der Waals surface area contributed by atoms with Gasteiger partial charge < -0.3 is 15.2 Å². The first-order chi connectivity index (χ1) is 10.4. The molecule has 1 unspecified atom stereocenters. The van der Waals surface area contributed by atoms with E-state index in [1.807, 2.05) is 0 Å². The summed E-state index contributed by atoms with van der Waals surface area (Å²) in [7, 11) is 3.06. The molecule has 2 heterocycles. The molecule has 1 fully saturated rings. The number of fused-ring (bicyclic) bond motifs is 1. The second kappa shape index (κ2) is 5.20. The summed E-state index contributed by atoms with van der Waals surface area (Å²) in [5.74, 6) is -2.32. The van der Waals surface area contributed by atoms with Crippen LogP contribution in [0.5, 0.6) is 11.5 Å². The lowest BCUT2D eigenvalue weighted by molar-refractivity contribution is -0.0616. The number of ether oxygens (including phenoxy) is 2. The van der Waals surface area contributed by atoms with Gasteiger partial charge in [-0.05, 0) is 19.2 Å². The number of nitrogens with two attached hydrogens (primary N) is 1. The Bertz CT molecular complexity index is 711. The fourth-order valence-corrected chi connectivity index (χ4v) is 2.61. The Kier molecular flexibility index (Phi) is 3.48. The fraction of sp³-hybridized carbons (Fsp3) is 0.429. The van der Waals surface area contributed by atoms with Gasteiger partial charge in [0, 0.05) is 6.54 Å². The van der Waals surface area contributed by atoms with Crippen molar-refractivity contribution in [1.29, 1.82) is 0 Å². The van der Waals surface area contributed by atoms with Crippen molar-refractivity contribution in [3.63, 3.8) is 0 Å². The predicted molar refractivity (Wildman–Crippen MR) is 77.4 cm³/mol. The molecule has 8 heteroatoms. The van der Waals surface area contributed by atoms with Crippen LogP contribution in [-0.4, -0.2) is 54.1 Å². The second-order valence-corrected chi connectivity index (χ2v) is 5.31. The molecule has 0 bridgehead atoms. The largest absolute Gasteiger partial charge is 0.493 e. The van der Waals surface area contributed by atoms with E-state index in [0.717, 1.165) is 0 Å². The quantitative estimate of drug-likeness (QED) is 0.927. The molecule has 0 amide bonds. The molecule has 1 aliphatic heterocycles. The van der Waals surface area contributed by atoms with Crippen molar-refractivity contribution in [1.82, 2.24) is 14.9 Å². The van der Waals surface area contributed by atoms with Crippen LogP contribution in [-0.2, 0) is 0 Å². The van der Waals surface area contributed by atoms with E-state index in [4.69, 9.17) is 15.2 Å². The van der Waals surface area contributed by atoms with E-state index in [0.29, 0.717) is 16.7 Å². The van der Waals surface area contributed by atoms with Gasteiger partial charge >= 0.3 is 0 Å². The van der Waals surface area contributed by atoms with Crippen LogP contribution in [0.15, 0.2) is 18.5 Å². The lowest BCUT2D eigenvalue weighted by atomic mass is 10.2. The molecule has 0 aliphatic carbocycles. The van der Waals surface area contributed by atoms with E-state index in [2.05, 4.69) is 9.97 Å². The highest BCUT2D eigenvalue weighted by molar-refractivity contribution is 5.95. The van der Waals surface area contributed by atoms with Crippen molar-refractivity contribution in [3.05, 3.63) is 18.5 Å². The van der Waals surface area contributed by atoms with Gasteiger partial charge in [0.25, 0.3) is 5.92 Å². The van der Waals surface area contributed by atoms with Gasteiger partial charge in [0.2, 0.25) is 0 Å². The number of alkyl halides is 2. The number of nitrogen functional groups attached to an aromatic ring is 1. The summed E-state index contributed by atoms with van der Waals surface area (Å²) < 4.78 is 38.8. The summed E-state index contributed by atoms with van der Waals surface area (Å²) in [6, 6.07) is 3.29. The summed E-state index contributed by atoms with van der Waals surface area (Å²) in [5.41, 5.74) is 6.38. The molecule has 1 aromatic heterocycles. The smallest absolute Gasteiger partial charge is 0.297 e. The molecule has 118 valence electrons. The lowest BCUT2D eigenvalue weighted by Gasteiger charge is -2.22. The van der Waals surface area contributed by atoms with Crippen LogP contribution in [0.1, 0.15) is 0 Å². The summed E-state index contributed by atoms with van der Waals surface area (Å²) in [4.78, 5) is 9.50. The standard InChI is InChI=1S/C14H16F2N4O2/c1-20-5-10(14(15,16)6-20)22-12-9(21-2)4-3-8-11(12)13(17)19-7-18-8/h3-4,7,10H,5-6H2,1-2H3,(H2,17,18,19). The highest BCUT2D eigenvalue weighted by Crippen LogP contribution is 2.40. The zero-order valence-electron chi connectivity index (χ0n) is 12.2. The van der Waals surface area contributed by atoms with Crippen LogP contribution >= 0.6 is 0 Å². The van der Waals surface area contributed by atoms with Gasteiger partial charge in [0.05, 0.1) is 24.6 Å². The third kappa shape index (κ3) is 2.39. The van der Waals surface area contributed by atoms with Gasteiger partial charge in [-0.3, -0.25) is 4.90 Å². The highest BCUT2D eigenvalue weighted by atomic mass is 19.3. The van der Waals surface area contributed by atoms with Crippen LogP contribution in [0, 0.1) is 0 Å². The Morgan fingerprint density at radius 3 is 2.77 bits per heavy atom. The van der Waals surface area contributed by atoms with E-state index in [1.165, 1.54) is 18.3 Å². The highest BCUT2D eigenvalue weighted by Gasteiger charge is 2.49. The first kappa shape index (κ1) is 14.7. The molecule has 1 saturated heterocycles. The summed E-state index contributed by atoms with van der Waals surface area (Å²) in [6.45, 7) is -0.239. The molecule has 1 aliphatic rings. The third-order valence-electron chi connectivity index (χ3n) is 3.66. The van der Waals surface area contributed by atoms with Crippen LogP contribution in [0.3, 0.4) is 0 Å². The van der Waals surface area contributed by atoms with E-state index in [-0.39, 0.29) is 24.7 Å². The number of methoxy groups -OCH3 is 1. The number of aromatic nitrogens is 2. The molecule has 1 aromatic carbocycles. The number of anilines is 1. The molecular formula is C14H16F2N4O2. The Morgan fingerprint density at radius 2 is 2.14 bits per heavy atom. The minimum Gasteiger partial charge on any atom is -0.493 e. The molecule has 0 spiro atoms. The summed E-state index contributed by atoms with van der Waals surface area (Å²) >= 11 is 0. The Hall–Kier alpha value is -2.22. The van der Waals surface area contributed by atoms with Crippen molar-refractivity contribution < 1.29 is 18.3 Å².